The maximum atomic E-state index is 13.0. The number of para-hydroxylation sites is 2. The molecule has 4 rings (SSSR count). The van der Waals surface area contributed by atoms with Crippen LogP contribution in [0.4, 0.5) is 16.2 Å². The van der Waals surface area contributed by atoms with E-state index in [9.17, 15) is 19.2 Å². The first-order valence-electron chi connectivity index (χ1n) is 13.6. The van der Waals surface area contributed by atoms with E-state index >= 15 is 0 Å². The van der Waals surface area contributed by atoms with Gasteiger partial charge in [0.05, 0.1) is 11.5 Å². The Morgan fingerprint density at radius 3 is 2.31 bits per heavy atom. The molecule has 10 heteroatoms. The number of nitrogens with one attached hydrogen (secondary N) is 2. The largest absolute Gasteiger partial charge is 0.490 e. The third-order valence-electron chi connectivity index (χ3n) is 6.38. The zero-order valence-electron chi connectivity index (χ0n) is 23.9. The number of carbonyl (C=O) groups excluding carboxylic acids is 4. The highest BCUT2D eigenvalue weighted by atomic mass is 32.2. The number of carbonyl (C=O) groups is 4. The van der Waals surface area contributed by atoms with Crippen molar-refractivity contribution in [1.82, 2.24) is 4.90 Å². The Labute approximate surface area is 249 Å². The Morgan fingerprint density at radius 2 is 1.60 bits per heavy atom. The molecule has 0 aliphatic carbocycles. The monoisotopic (exact) mass is 587 g/mol. The van der Waals surface area contributed by atoms with Crippen LogP contribution < -0.4 is 20.1 Å². The van der Waals surface area contributed by atoms with Crippen LogP contribution in [0.3, 0.4) is 0 Å². The molecule has 1 fully saturated rings. The fourth-order valence-electron chi connectivity index (χ4n) is 4.28. The SMILES string of the molecule is CCOc1cc(/C=C2/SC(=O)N(CC(=O)Nc3ccccc3C)C2=O)ccc1OCC(=O)Nc1ccccc1C(C)C. The van der Waals surface area contributed by atoms with Gasteiger partial charge in [0.15, 0.2) is 18.1 Å². The van der Waals surface area contributed by atoms with Crippen LogP contribution in [0.1, 0.15) is 43.4 Å². The van der Waals surface area contributed by atoms with E-state index in [0.717, 1.165) is 33.5 Å². The van der Waals surface area contributed by atoms with E-state index in [4.69, 9.17) is 9.47 Å². The quantitative estimate of drug-likeness (QED) is 0.256. The molecule has 4 amide bonds. The molecule has 218 valence electrons. The minimum Gasteiger partial charge on any atom is -0.490 e. The molecule has 2 N–H and O–H groups in total. The minimum atomic E-state index is -0.554. The van der Waals surface area contributed by atoms with Gasteiger partial charge in [-0.3, -0.25) is 24.1 Å². The number of hydrogen-bond acceptors (Lipinski definition) is 7. The van der Waals surface area contributed by atoms with Crippen LogP contribution in [0.2, 0.25) is 0 Å². The van der Waals surface area contributed by atoms with Crippen LogP contribution in [-0.2, 0) is 14.4 Å². The van der Waals surface area contributed by atoms with Crippen molar-refractivity contribution in [2.45, 2.75) is 33.6 Å². The fraction of sp³-hybridized carbons (Fsp3) is 0.250. The van der Waals surface area contributed by atoms with E-state index in [1.807, 2.05) is 50.2 Å². The van der Waals surface area contributed by atoms with Crippen LogP contribution in [-0.4, -0.2) is 47.6 Å². The number of rotatable bonds is 11. The number of imide groups is 1. The number of ether oxygens (including phenoxy) is 2. The third-order valence-corrected chi connectivity index (χ3v) is 7.28. The van der Waals surface area contributed by atoms with E-state index in [2.05, 4.69) is 24.5 Å². The van der Waals surface area contributed by atoms with Gasteiger partial charge in [-0.2, -0.15) is 0 Å². The number of hydrogen-bond donors (Lipinski definition) is 2. The molecule has 0 atom stereocenters. The summed E-state index contributed by atoms with van der Waals surface area (Å²) >= 11 is 0.763. The summed E-state index contributed by atoms with van der Waals surface area (Å²) in [5.41, 5.74) is 3.85. The number of anilines is 2. The molecule has 0 saturated carbocycles. The number of benzene rings is 3. The van der Waals surface area contributed by atoms with Gasteiger partial charge in [0.1, 0.15) is 6.54 Å². The molecule has 1 heterocycles. The standard InChI is InChI=1S/C32H33N3O6S/c1-5-40-27-16-22(14-15-26(27)41-19-30(37)34-25-13-9-7-11-23(25)20(2)3)17-28-31(38)35(32(39)42-28)18-29(36)33-24-12-8-6-10-21(24)4/h6-17,20H,5,18-19H2,1-4H3,(H,33,36)(H,34,37)/b28-17+. The lowest BCUT2D eigenvalue weighted by molar-refractivity contribution is -0.127. The summed E-state index contributed by atoms with van der Waals surface area (Å²) in [7, 11) is 0. The van der Waals surface area contributed by atoms with Gasteiger partial charge in [0.25, 0.3) is 17.1 Å². The summed E-state index contributed by atoms with van der Waals surface area (Å²) in [6.07, 6.45) is 1.56. The first-order chi connectivity index (χ1) is 20.2. The maximum absolute atomic E-state index is 13.0. The minimum absolute atomic E-state index is 0.183. The number of amides is 4. The number of aryl methyl sites for hydroxylation is 1. The second kappa shape index (κ2) is 13.9. The van der Waals surface area contributed by atoms with Gasteiger partial charge in [0, 0.05) is 11.4 Å². The summed E-state index contributed by atoms with van der Waals surface area (Å²) in [5.74, 6) is -0.335. The van der Waals surface area contributed by atoms with E-state index in [0.29, 0.717) is 29.4 Å². The molecule has 0 spiro atoms. The Balaban J connectivity index is 1.41. The highest BCUT2D eigenvalue weighted by Crippen LogP contribution is 2.35. The first-order valence-corrected chi connectivity index (χ1v) is 14.4. The van der Waals surface area contributed by atoms with Gasteiger partial charge in [-0.1, -0.05) is 56.3 Å². The smallest absolute Gasteiger partial charge is 0.294 e. The summed E-state index contributed by atoms with van der Waals surface area (Å²) in [6, 6.07) is 19.9. The predicted molar refractivity (Wildman–Crippen MR) is 165 cm³/mol. The molecule has 0 bridgehead atoms. The molecule has 0 radical (unpaired) electrons. The second-order valence-corrected chi connectivity index (χ2v) is 10.8. The highest BCUT2D eigenvalue weighted by Gasteiger charge is 2.36. The molecule has 42 heavy (non-hydrogen) atoms. The van der Waals surface area contributed by atoms with E-state index in [1.165, 1.54) is 0 Å². The first kappa shape index (κ1) is 30.4. The summed E-state index contributed by atoms with van der Waals surface area (Å²) < 4.78 is 11.5. The van der Waals surface area contributed by atoms with Crippen LogP contribution >= 0.6 is 11.8 Å². The molecule has 1 aliphatic heterocycles. The van der Waals surface area contributed by atoms with Crippen LogP contribution in [0.5, 0.6) is 11.5 Å². The molecular weight excluding hydrogens is 554 g/mol. The Hall–Kier alpha value is -4.57. The van der Waals surface area contributed by atoms with Crippen molar-refractivity contribution in [3.05, 3.63) is 88.3 Å². The van der Waals surface area contributed by atoms with Crippen molar-refractivity contribution in [2.24, 2.45) is 0 Å². The van der Waals surface area contributed by atoms with Gasteiger partial charge in [-0.25, -0.2) is 0 Å². The average Bonchev–Trinajstić information content (AvgIpc) is 3.21. The second-order valence-electron chi connectivity index (χ2n) is 9.85. The van der Waals surface area contributed by atoms with Crippen LogP contribution in [0, 0.1) is 6.92 Å². The summed E-state index contributed by atoms with van der Waals surface area (Å²) in [5, 5.41) is 5.11. The Bertz CT molecular complexity index is 1530. The molecular formula is C32H33N3O6S. The van der Waals surface area contributed by atoms with Crippen molar-refractivity contribution < 1.29 is 28.7 Å². The molecule has 9 nitrogen and oxygen atoms in total. The molecule has 3 aromatic carbocycles. The van der Waals surface area contributed by atoms with E-state index < -0.39 is 23.6 Å². The van der Waals surface area contributed by atoms with Gasteiger partial charge in [-0.05, 0) is 78.6 Å². The Morgan fingerprint density at radius 1 is 0.905 bits per heavy atom. The lowest BCUT2D eigenvalue weighted by atomic mass is 10.0. The van der Waals surface area contributed by atoms with Crippen molar-refractivity contribution in [2.75, 3.05) is 30.4 Å². The van der Waals surface area contributed by atoms with E-state index in [1.54, 1.807) is 36.4 Å². The zero-order chi connectivity index (χ0) is 30.2. The average molecular weight is 588 g/mol. The number of nitrogens with zero attached hydrogens (tertiary/aromatic N) is 1. The van der Waals surface area contributed by atoms with Crippen LogP contribution in [0.25, 0.3) is 6.08 Å². The van der Waals surface area contributed by atoms with Crippen molar-refractivity contribution >= 4 is 52.2 Å². The molecule has 3 aromatic rings. The van der Waals surface area contributed by atoms with Crippen LogP contribution in [0.15, 0.2) is 71.6 Å². The van der Waals surface area contributed by atoms with Crippen molar-refractivity contribution in [3.8, 4) is 11.5 Å². The highest BCUT2D eigenvalue weighted by molar-refractivity contribution is 8.18. The van der Waals surface area contributed by atoms with Crippen molar-refractivity contribution in [1.29, 1.82) is 0 Å². The van der Waals surface area contributed by atoms with Gasteiger partial charge >= 0.3 is 0 Å². The summed E-state index contributed by atoms with van der Waals surface area (Å²) in [4.78, 5) is 51.8. The van der Waals surface area contributed by atoms with Gasteiger partial charge in [-0.15, -0.1) is 0 Å². The maximum Gasteiger partial charge on any atom is 0.294 e. The lowest BCUT2D eigenvalue weighted by Crippen LogP contribution is -2.36. The third kappa shape index (κ3) is 7.58. The van der Waals surface area contributed by atoms with E-state index in [-0.39, 0.29) is 23.3 Å². The lowest BCUT2D eigenvalue weighted by Gasteiger charge is -2.15. The predicted octanol–water partition coefficient (Wildman–Crippen LogP) is 6.21. The Kier molecular flexibility index (Phi) is 10.0. The normalized spacial score (nSPS) is 13.9. The molecule has 0 aromatic heterocycles. The fourth-order valence-corrected chi connectivity index (χ4v) is 5.12. The summed E-state index contributed by atoms with van der Waals surface area (Å²) in [6.45, 7) is 7.52. The van der Waals surface area contributed by atoms with Gasteiger partial charge < -0.3 is 20.1 Å². The zero-order valence-corrected chi connectivity index (χ0v) is 24.7. The molecule has 0 unspecified atom stereocenters. The topological polar surface area (TPSA) is 114 Å². The molecule has 1 aliphatic rings. The van der Waals surface area contributed by atoms with Crippen molar-refractivity contribution in [3.63, 3.8) is 0 Å². The van der Waals surface area contributed by atoms with Gasteiger partial charge in [0.2, 0.25) is 5.91 Å². The number of thioether (sulfide) groups is 1. The molecule has 1 saturated heterocycles.